The van der Waals surface area contributed by atoms with Gasteiger partial charge in [0.2, 0.25) is 0 Å². The molecule has 2 rings (SSSR count). The first-order valence-corrected chi connectivity index (χ1v) is 6.16. The second-order valence-electron chi connectivity index (χ2n) is 4.33. The standard InChI is InChI=1S/C13H19N3O2/c1-14-7-8-15-6-5-10-3-4-12-11(9-10)16(2)13(17)18-12/h3-4,9,14-15H,5-8H2,1-2H3. The zero-order valence-electron chi connectivity index (χ0n) is 10.8. The van der Waals surface area contributed by atoms with Crippen LogP contribution in [0.5, 0.6) is 0 Å². The highest BCUT2D eigenvalue weighted by molar-refractivity contribution is 5.73. The number of oxazole rings is 1. The minimum Gasteiger partial charge on any atom is -0.408 e. The number of nitrogens with zero attached hydrogens (tertiary/aromatic N) is 1. The lowest BCUT2D eigenvalue weighted by Gasteiger charge is -2.04. The molecule has 98 valence electrons. The molecule has 18 heavy (non-hydrogen) atoms. The maximum absolute atomic E-state index is 11.4. The van der Waals surface area contributed by atoms with Gasteiger partial charge in [-0.15, -0.1) is 0 Å². The van der Waals surface area contributed by atoms with Crippen molar-refractivity contribution in [1.82, 2.24) is 15.2 Å². The molecule has 5 nitrogen and oxygen atoms in total. The van der Waals surface area contributed by atoms with E-state index in [0.717, 1.165) is 31.6 Å². The van der Waals surface area contributed by atoms with Gasteiger partial charge in [0.25, 0.3) is 0 Å². The molecule has 0 unspecified atom stereocenters. The van der Waals surface area contributed by atoms with E-state index in [1.165, 1.54) is 10.1 Å². The number of aromatic nitrogens is 1. The number of benzene rings is 1. The van der Waals surface area contributed by atoms with Gasteiger partial charge in [-0.05, 0) is 37.7 Å². The number of nitrogens with one attached hydrogen (secondary N) is 2. The van der Waals surface area contributed by atoms with Gasteiger partial charge in [0.05, 0.1) is 5.52 Å². The van der Waals surface area contributed by atoms with Crippen molar-refractivity contribution in [2.75, 3.05) is 26.7 Å². The van der Waals surface area contributed by atoms with Gasteiger partial charge < -0.3 is 15.1 Å². The van der Waals surface area contributed by atoms with E-state index in [4.69, 9.17) is 4.42 Å². The smallest absolute Gasteiger partial charge is 0.408 e. The van der Waals surface area contributed by atoms with Crippen LogP contribution in [-0.2, 0) is 13.5 Å². The van der Waals surface area contributed by atoms with Crippen LogP contribution in [-0.4, -0.2) is 31.2 Å². The topological polar surface area (TPSA) is 59.2 Å². The summed E-state index contributed by atoms with van der Waals surface area (Å²) in [5.41, 5.74) is 2.71. The fourth-order valence-corrected chi connectivity index (χ4v) is 1.90. The Morgan fingerprint density at radius 1 is 1.28 bits per heavy atom. The summed E-state index contributed by atoms with van der Waals surface area (Å²) in [7, 11) is 3.66. The lowest BCUT2D eigenvalue weighted by molar-refractivity contribution is 0.528. The van der Waals surface area contributed by atoms with Gasteiger partial charge in [-0.2, -0.15) is 0 Å². The van der Waals surface area contributed by atoms with Crippen molar-refractivity contribution in [3.8, 4) is 0 Å². The minimum atomic E-state index is -0.311. The number of fused-ring (bicyclic) bond motifs is 1. The zero-order valence-corrected chi connectivity index (χ0v) is 10.8. The fourth-order valence-electron chi connectivity index (χ4n) is 1.90. The van der Waals surface area contributed by atoms with E-state index < -0.39 is 0 Å². The summed E-state index contributed by atoms with van der Waals surface area (Å²) < 4.78 is 6.63. The van der Waals surface area contributed by atoms with Crippen molar-refractivity contribution < 1.29 is 4.42 Å². The van der Waals surface area contributed by atoms with E-state index in [-0.39, 0.29) is 5.76 Å². The Morgan fingerprint density at radius 3 is 2.89 bits per heavy atom. The number of aryl methyl sites for hydroxylation is 1. The molecule has 2 aromatic rings. The number of likely N-dealkylation sites (N-methyl/N-ethyl adjacent to an activating group) is 1. The molecule has 2 N–H and O–H groups in total. The minimum absolute atomic E-state index is 0.311. The number of rotatable bonds is 6. The molecular formula is C13H19N3O2. The van der Waals surface area contributed by atoms with E-state index in [1.54, 1.807) is 7.05 Å². The van der Waals surface area contributed by atoms with Gasteiger partial charge >= 0.3 is 5.76 Å². The third-order valence-electron chi connectivity index (χ3n) is 3.00. The Bertz CT molecular complexity index is 571. The first kappa shape index (κ1) is 12.9. The molecule has 1 heterocycles. The third-order valence-corrected chi connectivity index (χ3v) is 3.00. The van der Waals surface area contributed by atoms with E-state index in [1.807, 2.05) is 25.2 Å². The van der Waals surface area contributed by atoms with Gasteiger partial charge in [0, 0.05) is 20.1 Å². The molecule has 0 aliphatic rings. The highest BCUT2D eigenvalue weighted by Crippen LogP contribution is 2.14. The lowest BCUT2D eigenvalue weighted by Crippen LogP contribution is -2.26. The van der Waals surface area contributed by atoms with Gasteiger partial charge in [-0.1, -0.05) is 6.07 Å². The largest absolute Gasteiger partial charge is 0.419 e. The van der Waals surface area contributed by atoms with Crippen molar-refractivity contribution in [2.24, 2.45) is 7.05 Å². The fraction of sp³-hybridized carbons (Fsp3) is 0.462. The first-order valence-electron chi connectivity index (χ1n) is 6.16. The average Bonchev–Trinajstić information content (AvgIpc) is 2.65. The Labute approximate surface area is 106 Å². The summed E-state index contributed by atoms with van der Waals surface area (Å²) in [6.07, 6.45) is 0.943. The maximum Gasteiger partial charge on any atom is 0.419 e. The summed E-state index contributed by atoms with van der Waals surface area (Å²) in [6, 6.07) is 5.88. The van der Waals surface area contributed by atoms with Crippen LogP contribution in [0.3, 0.4) is 0 Å². The van der Waals surface area contributed by atoms with Gasteiger partial charge in [-0.3, -0.25) is 4.57 Å². The molecule has 0 saturated heterocycles. The normalized spacial score (nSPS) is 11.2. The molecule has 0 saturated carbocycles. The molecule has 0 bridgehead atoms. The van der Waals surface area contributed by atoms with Crippen LogP contribution in [0, 0.1) is 0 Å². The monoisotopic (exact) mass is 249 g/mol. The molecule has 5 heteroatoms. The Morgan fingerprint density at radius 2 is 2.11 bits per heavy atom. The molecule has 0 amide bonds. The van der Waals surface area contributed by atoms with Crippen molar-refractivity contribution in [2.45, 2.75) is 6.42 Å². The molecule has 1 aromatic carbocycles. The zero-order chi connectivity index (χ0) is 13.0. The predicted molar refractivity (Wildman–Crippen MR) is 72.0 cm³/mol. The number of hydrogen-bond donors (Lipinski definition) is 2. The number of hydrogen-bond acceptors (Lipinski definition) is 4. The van der Waals surface area contributed by atoms with Crippen molar-refractivity contribution in [1.29, 1.82) is 0 Å². The summed E-state index contributed by atoms with van der Waals surface area (Å²) in [5, 5.41) is 6.44. The first-order chi connectivity index (χ1) is 8.72. The van der Waals surface area contributed by atoms with E-state index in [0.29, 0.717) is 5.58 Å². The SMILES string of the molecule is CNCCNCCc1ccc2oc(=O)n(C)c2c1. The Hall–Kier alpha value is -1.59. The van der Waals surface area contributed by atoms with Crippen molar-refractivity contribution >= 4 is 11.1 Å². The van der Waals surface area contributed by atoms with E-state index in [9.17, 15) is 4.79 Å². The van der Waals surface area contributed by atoms with Crippen LogP contribution in [0.1, 0.15) is 5.56 Å². The Balaban J connectivity index is 2.01. The molecule has 0 aliphatic heterocycles. The molecule has 0 radical (unpaired) electrons. The van der Waals surface area contributed by atoms with Gasteiger partial charge in [-0.25, -0.2) is 4.79 Å². The van der Waals surface area contributed by atoms with Crippen LogP contribution in [0.2, 0.25) is 0 Å². The summed E-state index contributed by atoms with van der Waals surface area (Å²) in [6.45, 7) is 2.86. The van der Waals surface area contributed by atoms with Gasteiger partial charge in [0.15, 0.2) is 5.58 Å². The molecule has 0 fully saturated rings. The molecule has 0 spiro atoms. The molecule has 0 atom stereocenters. The molecular weight excluding hydrogens is 230 g/mol. The quantitative estimate of drug-likeness (QED) is 0.731. The van der Waals surface area contributed by atoms with E-state index >= 15 is 0 Å². The predicted octanol–water partition coefficient (Wildman–Crippen LogP) is 0.483. The molecule has 1 aromatic heterocycles. The Kier molecular flexibility index (Phi) is 4.17. The highest BCUT2D eigenvalue weighted by atomic mass is 16.4. The van der Waals surface area contributed by atoms with Crippen LogP contribution >= 0.6 is 0 Å². The second kappa shape index (κ2) is 5.84. The second-order valence-corrected chi connectivity index (χ2v) is 4.33. The van der Waals surface area contributed by atoms with Crippen molar-refractivity contribution in [3.63, 3.8) is 0 Å². The average molecular weight is 249 g/mol. The van der Waals surface area contributed by atoms with Crippen LogP contribution in [0.4, 0.5) is 0 Å². The highest BCUT2D eigenvalue weighted by Gasteiger charge is 2.05. The summed E-state index contributed by atoms with van der Waals surface area (Å²) >= 11 is 0. The van der Waals surface area contributed by atoms with Crippen molar-refractivity contribution in [3.05, 3.63) is 34.3 Å². The third kappa shape index (κ3) is 2.80. The van der Waals surface area contributed by atoms with Gasteiger partial charge in [0.1, 0.15) is 0 Å². The lowest BCUT2D eigenvalue weighted by atomic mass is 10.1. The molecule has 0 aliphatic carbocycles. The summed E-state index contributed by atoms with van der Waals surface area (Å²) in [5.74, 6) is -0.311. The van der Waals surface area contributed by atoms with Crippen LogP contribution < -0.4 is 16.4 Å². The van der Waals surface area contributed by atoms with Crippen LogP contribution in [0.15, 0.2) is 27.4 Å². The van der Waals surface area contributed by atoms with Crippen LogP contribution in [0.25, 0.3) is 11.1 Å². The summed E-state index contributed by atoms with van der Waals surface area (Å²) in [4.78, 5) is 11.4. The maximum atomic E-state index is 11.4. The van der Waals surface area contributed by atoms with E-state index in [2.05, 4.69) is 10.6 Å².